The first-order valence-corrected chi connectivity index (χ1v) is 9.07. The van der Waals surface area contributed by atoms with Gasteiger partial charge in [0.15, 0.2) is 0 Å². The van der Waals surface area contributed by atoms with E-state index in [1.165, 1.54) is 16.3 Å². The van der Waals surface area contributed by atoms with Gasteiger partial charge in [-0.1, -0.05) is 36.4 Å². The minimum Gasteiger partial charge on any atom is -0.273 e. The number of benzene rings is 1. The number of hydrazone groups is 1. The molecule has 0 saturated heterocycles. The van der Waals surface area contributed by atoms with Crippen LogP contribution in [0.5, 0.6) is 0 Å². The molecule has 2 N–H and O–H groups in total. The second kappa shape index (κ2) is 8.39. The zero-order valence-electron chi connectivity index (χ0n) is 14.0. The van der Waals surface area contributed by atoms with Gasteiger partial charge in [0.05, 0.1) is 17.1 Å². The summed E-state index contributed by atoms with van der Waals surface area (Å²) in [5, 5.41) is 7.52. The fourth-order valence-electron chi connectivity index (χ4n) is 2.48. The van der Waals surface area contributed by atoms with Gasteiger partial charge in [0.2, 0.25) is 11.8 Å². The van der Waals surface area contributed by atoms with Crippen LogP contribution in [0.2, 0.25) is 0 Å². The molecule has 0 radical (unpaired) electrons. The normalized spacial score (nSPS) is 13.2. The molecule has 0 bridgehead atoms. The fourth-order valence-corrected chi connectivity index (χ4v) is 3.10. The summed E-state index contributed by atoms with van der Waals surface area (Å²) >= 11 is 1.28. The highest BCUT2D eigenvalue weighted by Crippen LogP contribution is 2.15. The lowest BCUT2D eigenvalue weighted by atomic mass is 10.1. The van der Waals surface area contributed by atoms with Crippen molar-refractivity contribution in [2.24, 2.45) is 5.10 Å². The fraction of sp³-hybridized carbons (Fsp3) is 0.222. The molecule has 7 nitrogen and oxygen atoms in total. The van der Waals surface area contributed by atoms with Gasteiger partial charge in [-0.2, -0.15) is 5.10 Å². The van der Waals surface area contributed by atoms with Crippen LogP contribution in [-0.4, -0.2) is 35.0 Å². The maximum absolute atomic E-state index is 12.2. The van der Waals surface area contributed by atoms with Crippen LogP contribution in [0.1, 0.15) is 34.5 Å². The Balaban J connectivity index is 1.43. The van der Waals surface area contributed by atoms with Crippen LogP contribution in [0.3, 0.4) is 0 Å². The predicted octanol–water partition coefficient (Wildman–Crippen LogP) is 1.93. The SMILES string of the molecule is O=C(CCC(=O)N1CCC(c2ccccc2)=N1)NNC(=O)c1cccs1. The number of hydrazine groups is 1. The second-order valence-electron chi connectivity index (χ2n) is 5.66. The molecule has 0 saturated carbocycles. The largest absolute Gasteiger partial charge is 0.279 e. The van der Waals surface area contributed by atoms with Gasteiger partial charge in [0, 0.05) is 19.3 Å². The van der Waals surface area contributed by atoms with Crippen molar-refractivity contribution in [3.63, 3.8) is 0 Å². The Morgan fingerprint density at radius 1 is 1.04 bits per heavy atom. The number of carbonyl (C=O) groups is 3. The Labute approximate surface area is 154 Å². The van der Waals surface area contributed by atoms with E-state index in [1.54, 1.807) is 17.5 Å². The molecule has 0 fully saturated rings. The third-order valence-corrected chi connectivity index (χ3v) is 4.69. The number of rotatable bonds is 5. The van der Waals surface area contributed by atoms with Crippen LogP contribution in [0.15, 0.2) is 52.9 Å². The molecule has 0 spiro atoms. The Morgan fingerprint density at radius 2 is 1.85 bits per heavy atom. The highest BCUT2D eigenvalue weighted by molar-refractivity contribution is 7.12. The predicted molar refractivity (Wildman–Crippen MR) is 98.5 cm³/mol. The monoisotopic (exact) mass is 370 g/mol. The summed E-state index contributed by atoms with van der Waals surface area (Å²) in [6, 6.07) is 13.1. The molecule has 1 aromatic carbocycles. The topological polar surface area (TPSA) is 90.9 Å². The number of hydrogen-bond donors (Lipinski definition) is 2. The Hall–Kier alpha value is -3.00. The number of amides is 3. The average molecular weight is 370 g/mol. The Kier molecular flexibility index (Phi) is 5.75. The summed E-state index contributed by atoms with van der Waals surface area (Å²) in [5.41, 5.74) is 6.50. The van der Waals surface area contributed by atoms with Crippen molar-refractivity contribution in [3.8, 4) is 0 Å². The molecule has 1 aliphatic rings. The number of thiophene rings is 1. The van der Waals surface area contributed by atoms with Gasteiger partial charge in [-0.15, -0.1) is 11.3 Å². The molecular weight excluding hydrogens is 352 g/mol. The Morgan fingerprint density at radius 3 is 2.58 bits per heavy atom. The molecule has 1 aromatic heterocycles. The van der Waals surface area contributed by atoms with E-state index >= 15 is 0 Å². The second-order valence-corrected chi connectivity index (χ2v) is 6.61. The highest BCUT2D eigenvalue weighted by atomic mass is 32.1. The number of nitrogens with zero attached hydrogens (tertiary/aromatic N) is 2. The summed E-state index contributed by atoms with van der Waals surface area (Å²) in [6.07, 6.45) is 0.710. The van der Waals surface area contributed by atoms with Crippen LogP contribution in [-0.2, 0) is 9.59 Å². The van der Waals surface area contributed by atoms with Crippen molar-refractivity contribution in [1.82, 2.24) is 15.9 Å². The van der Waals surface area contributed by atoms with Gasteiger partial charge in [-0.25, -0.2) is 5.01 Å². The summed E-state index contributed by atoms with van der Waals surface area (Å²) in [7, 11) is 0. The van der Waals surface area contributed by atoms with Gasteiger partial charge >= 0.3 is 0 Å². The molecule has 26 heavy (non-hydrogen) atoms. The quantitative estimate of drug-likeness (QED) is 0.788. The maximum atomic E-state index is 12.2. The molecule has 0 atom stereocenters. The van der Waals surface area contributed by atoms with E-state index in [2.05, 4.69) is 16.0 Å². The minimum absolute atomic E-state index is 0.0176. The molecule has 0 aliphatic carbocycles. The minimum atomic E-state index is -0.422. The molecular formula is C18H18N4O3S. The lowest BCUT2D eigenvalue weighted by molar-refractivity contribution is -0.133. The zero-order chi connectivity index (χ0) is 18.4. The van der Waals surface area contributed by atoms with Gasteiger partial charge < -0.3 is 0 Å². The summed E-state index contributed by atoms with van der Waals surface area (Å²) in [4.78, 5) is 36.2. The third-order valence-electron chi connectivity index (χ3n) is 3.82. The first-order valence-electron chi connectivity index (χ1n) is 8.19. The van der Waals surface area contributed by atoms with Gasteiger partial charge in [-0.05, 0) is 17.0 Å². The van der Waals surface area contributed by atoms with Gasteiger partial charge in [-0.3, -0.25) is 25.2 Å². The summed E-state index contributed by atoms with van der Waals surface area (Å²) < 4.78 is 0. The lowest BCUT2D eigenvalue weighted by Gasteiger charge is -2.11. The van der Waals surface area contributed by atoms with Crippen LogP contribution in [0.25, 0.3) is 0 Å². The molecule has 8 heteroatoms. The van der Waals surface area contributed by atoms with E-state index in [0.717, 1.165) is 11.3 Å². The standard InChI is InChI=1S/C18H18N4O3S/c23-16(19-20-18(25)15-7-4-12-26-15)8-9-17(24)22-11-10-14(21-22)13-5-2-1-3-6-13/h1-7,12H,8-11H2,(H,19,23)(H,20,25). The van der Waals surface area contributed by atoms with Crippen molar-refractivity contribution in [2.75, 3.05) is 6.54 Å². The van der Waals surface area contributed by atoms with E-state index in [-0.39, 0.29) is 24.7 Å². The molecule has 2 aromatic rings. The van der Waals surface area contributed by atoms with Gasteiger partial charge in [0.25, 0.3) is 5.91 Å². The van der Waals surface area contributed by atoms with Crippen molar-refractivity contribution < 1.29 is 14.4 Å². The summed E-state index contributed by atoms with van der Waals surface area (Å²) in [6.45, 7) is 0.514. The average Bonchev–Trinajstić information content (AvgIpc) is 3.37. The van der Waals surface area contributed by atoms with E-state index in [0.29, 0.717) is 17.8 Å². The lowest BCUT2D eigenvalue weighted by Crippen LogP contribution is -2.41. The molecule has 0 unspecified atom stereocenters. The number of carbonyl (C=O) groups excluding carboxylic acids is 3. The van der Waals surface area contributed by atoms with Crippen LogP contribution in [0, 0.1) is 0 Å². The first kappa shape index (κ1) is 17.8. The van der Waals surface area contributed by atoms with Crippen molar-refractivity contribution >= 4 is 34.8 Å². The van der Waals surface area contributed by atoms with Crippen molar-refractivity contribution in [1.29, 1.82) is 0 Å². The highest BCUT2D eigenvalue weighted by Gasteiger charge is 2.22. The van der Waals surface area contributed by atoms with E-state index in [4.69, 9.17) is 0 Å². The van der Waals surface area contributed by atoms with Crippen molar-refractivity contribution in [2.45, 2.75) is 19.3 Å². The van der Waals surface area contributed by atoms with Gasteiger partial charge in [0.1, 0.15) is 0 Å². The van der Waals surface area contributed by atoms with E-state index < -0.39 is 5.91 Å². The number of nitrogens with one attached hydrogen (secondary N) is 2. The van der Waals surface area contributed by atoms with Crippen molar-refractivity contribution in [3.05, 3.63) is 58.3 Å². The van der Waals surface area contributed by atoms with E-state index in [1.807, 2.05) is 30.3 Å². The third kappa shape index (κ3) is 4.54. The zero-order valence-corrected chi connectivity index (χ0v) is 14.8. The molecule has 3 amide bonds. The summed E-state index contributed by atoms with van der Waals surface area (Å²) in [5.74, 6) is -1.01. The van der Waals surface area contributed by atoms with Crippen LogP contribution < -0.4 is 10.9 Å². The van der Waals surface area contributed by atoms with Crippen LogP contribution >= 0.6 is 11.3 Å². The number of hydrogen-bond acceptors (Lipinski definition) is 5. The Bertz CT molecular complexity index is 818. The molecule has 2 heterocycles. The molecule has 1 aliphatic heterocycles. The molecule has 3 rings (SSSR count). The molecule has 134 valence electrons. The maximum Gasteiger partial charge on any atom is 0.279 e. The first-order chi connectivity index (χ1) is 12.6. The van der Waals surface area contributed by atoms with Crippen LogP contribution in [0.4, 0.5) is 0 Å². The van der Waals surface area contributed by atoms with E-state index in [9.17, 15) is 14.4 Å². The smallest absolute Gasteiger partial charge is 0.273 e.